The second-order valence-electron chi connectivity index (χ2n) is 2.82. The van der Waals surface area contributed by atoms with Crippen LogP contribution in [0.1, 0.15) is 0 Å². The quantitative estimate of drug-likeness (QED) is 0.344. The topological polar surface area (TPSA) is 70.6 Å². The van der Waals surface area contributed by atoms with Gasteiger partial charge in [0.15, 0.2) is 0 Å². The van der Waals surface area contributed by atoms with Crippen LogP contribution in [0.5, 0.6) is 0 Å². The van der Waals surface area contributed by atoms with Crippen LogP contribution in [-0.4, -0.2) is 50.5 Å². The van der Waals surface area contributed by atoms with E-state index in [1.165, 1.54) is 7.11 Å². The van der Waals surface area contributed by atoms with Crippen LogP contribution in [0.15, 0.2) is 12.7 Å². The lowest BCUT2D eigenvalue weighted by Crippen LogP contribution is -2.44. The smallest absolute Gasteiger partial charge is 0.234 e. The molecule has 0 bridgehead atoms. The Morgan fingerprint density at radius 1 is 1.71 bits per heavy atom. The molecule has 1 amide bonds. The van der Waals surface area contributed by atoms with Gasteiger partial charge in [0.25, 0.3) is 0 Å². The summed E-state index contributed by atoms with van der Waals surface area (Å²) in [5, 5.41) is 14.3. The van der Waals surface area contributed by atoms with Crippen molar-refractivity contribution in [1.82, 2.24) is 10.6 Å². The molecule has 0 aromatic heterocycles. The van der Waals surface area contributed by atoms with Gasteiger partial charge in [-0.15, -0.1) is 6.58 Å². The van der Waals surface area contributed by atoms with Crippen molar-refractivity contribution in [3.63, 3.8) is 0 Å². The highest BCUT2D eigenvalue weighted by Crippen LogP contribution is 1.82. The van der Waals surface area contributed by atoms with Crippen molar-refractivity contribution in [2.75, 3.05) is 33.4 Å². The average molecular weight is 202 g/mol. The number of ether oxygens (including phenoxy) is 1. The van der Waals surface area contributed by atoms with E-state index >= 15 is 0 Å². The molecule has 0 aromatic rings. The Balaban J connectivity index is 3.61. The van der Waals surface area contributed by atoms with Crippen molar-refractivity contribution in [2.24, 2.45) is 0 Å². The molecule has 0 saturated heterocycles. The molecular weight excluding hydrogens is 184 g/mol. The number of methoxy groups -OCH3 is 1. The summed E-state index contributed by atoms with van der Waals surface area (Å²) in [5.41, 5.74) is 0. The third-order valence-electron chi connectivity index (χ3n) is 1.53. The Bertz CT molecular complexity index is 173. The summed E-state index contributed by atoms with van der Waals surface area (Å²) in [5.74, 6) is -0.164. The molecule has 5 nitrogen and oxygen atoms in total. The molecule has 0 saturated carbocycles. The van der Waals surface area contributed by atoms with Crippen LogP contribution in [0.25, 0.3) is 0 Å². The van der Waals surface area contributed by atoms with Gasteiger partial charge in [-0.25, -0.2) is 0 Å². The fraction of sp³-hybridized carbons (Fsp3) is 0.667. The lowest BCUT2D eigenvalue weighted by molar-refractivity contribution is -0.121. The van der Waals surface area contributed by atoms with Crippen molar-refractivity contribution in [1.29, 1.82) is 0 Å². The SMILES string of the molecule is C=CCNCC(=O)NC(CO)COC. The summed E-state index contributed by atoms with van der Waals surface area (Å²) in [6.45, 7) is 4.49. The highest BCUT2D eigenvalue weighted by Gasteiger charge is 2.09. The normalized spacial score (nSPS) is 12.1. The molecule has 0 aliphatic carbocycles. The molecule has 0 radical (unpaired) electrons. The standard InChI is InChI=1S/C9H18N2O3/c1-3-4-10-5-9(13)11-8(6-12)7-14-2/h3,8,10,12H,1,4-7H2,2H3,(H,11,13). The van der Waals surface area contributed by atoms with E-state index in [0.29, 0.717) is 13.2 Å². The predicted octanol–water partition coefficient (Wildman–Crippen LogP) is -1.11. The van der Waals surface area contributed by atoms with Crippen LogP contribution in [0.2, 0.25) is 0 Å². The van der Waals surface area contributed by atoms with E-state index in [1.807, 2.05) is 0 Å². The van der Waals surface area contributed by atoms with Crippen LogP contribution < -0.4 is 10.6 Å². The molecule has 0 aromatic carbocycles. The minimum atomic E-state index is -0.335. The first-order chi connectivity index (χ1) is 6.74. The van der Waals surface area contributed by atoms with Crippen molar-refractivity contribution in [3.05, 3.63) is 12.7 Å². The lowest BCUT2D eigenvalue weighted by atomic mass is 10.3. The molecule has 5 heteroatoms. The Morgan fingerprint density at radius 2 is 2.43 bits per heavy atom. The van der Waals surface area contributed by atoms with Crippen molar-refractivity contribution < 1.29 is 14.6 Å². The molecule has 0 aliphatic heterocycles. The Hall–Kier alpha value is -0.910. The predicted molar refractivity (Wildman–Crippen MR) is 54.0 cm³/mol. The molecule has 1 atom stereocenters. The largest absolute Gasteiger partial charge is 0.394 e. The fourth-order valence-corrected chi connectivity index (χ4v) is 0.908. The van der Waals surface area contributed by atoms with E-state index in [0.717, 1.165) is 0 Å². The molecule has 0 rings (SSSR count). The van der Waals surface area contributed by atoms with Crippen LogP contribution in [0.4, 0.5) is 0 Å². The Morgan fingerprint density at radius 3 is 2.93 bits per heavy atom. The van der Waals surface area contributed by atoms with Crippen LogP contribution in [-0.2, 0) is 9.53 Å². The van der Waals surface area contributed by atoms with E-state index < -0.39 is 0 Å². The summed E-state index contributed by atoms with van der Waals surface area (Å²) in [6, 6.07) is -0.335. The molecule has 82 valence electrons. The van der Waals surface area contributed by atoms with Gasteiger partial charge in [-0.2, -0.15) is 0 Å². The highest BCUT2D eigenvalue weighted by atomic mass is 16.5. The van der Waals surface area contributed by atoms with Gasteiger partial charge in [0, 0.05) is 13.7 Å². The summed E-state index contributed by atoms with van der Waals surface area (Å²) in [7, 11) is 1.52. The van der Waals surface area contributed by atoms with Gasteiger partial charge >= 0.3 is 0 Å². The van der Waals surface area contributed by atoms with E-state index in [1.54, 1.807) is 6.08 Å². The molecule has 0 spiro atoms. The minimum Gasteiger partial charge on any atom is -0.394 e. The summed E-state index contributed by atoms with van der Waals surface area (Å²) in [4.78, 5) is 11.2. The first kappa shape index (κ1) is 13.1. The highest BCUT2D eigenvalue weighted by molar-refractivity contribution is 5.78. The number of carbonyl (C=O) groups excluding carboxylic acids is 1. The third kappa shape index (κ3) is 6.59. The molecule has 0 aliphatic rings. The molecule has 3 N–H and O–H groups in total. The van der Waals surface area contributed by atoms with E-state index in [-0.39, 0.29) is 25.1 Å². The number of nitrogens with one attached hydrogen (secondary N) is 2. The van der Waals surface area contributed by atoms with Gasteiger partial charge in [-0.1, -0.05) is 6.08 Å². The fourth-order valence-electron chi connectivity index (χ4n) is 0.908. The first-order valence-electron chi connectivity index (χ1n) is 4.45. The van der Waals surface area contributed by atoms with Crippen molar-refractivity contribution >= 4 is 5.91 Å². The minimum absolute atomic E-state index is 0.124. The van der Waals surface area contributed by atoms with E-state index in [9.17, 15) is 4.79 Å². The van der Waals surface area contributed by atoms with Crippen molar-refractivity contribution in [2.45, 2.75) is 6.04 Å². The number of hydrogen-bond acceptors (Lipinski definition) is 4. The molecule has 1 unspecified atom stereocenters. The maximum absolute atomic E-state index is 11.2. The Kier molecular flexibility index (Phi) is 8.11. The van der Waals surface area contributed by atoms with Gasteiger partial charge < -0.3 is 20.5 Å². The number of rotatable bonds is 8. The summed E-state index contributed by atoms with van der Waals surface area (Å²) in [6.07, 6.45) is 1.67. The van der Waals surface area contributed by atoms with Crippen LogP contribution >= 0.6 is 0 Å². The second kappa shape index (κ2) is 8.68. The van der Waals surface area contributed by atoms with Gasteiger partial charge in [0.2, 0.25) is 5.91 Å². The molecule has 14 heavy (non-hydrogen) atoms. The summed E-state index contributed by atoms with van der Waals surface area (Å²) >= 11 is 0. The van der Waals surface area contributed by atoms with Gasteiger partial charge in [0.1, 0.15) is 0 Å². The van der Waals surface area contributed by atoms with Crippen LogP contribution in [0, 0.1) is 0 Å². The van der Waals surface area contributed by atoms with Gasteiger partial charge in [-0.05, 0) is 0 Å². The zero-order valence-corrected chi connectivity index (χ0v) is 8.45. The summed E-state index contributed by atoms with van der Waals surface area (Å²) < 4.78 is 4.81. The zero-order chi connectivity index (χ0) is 10.8. The third-order valence-corrected chi connectivity index (χ3v) is 1.53. The number of amides is 1. The average Bonchev–Trinajstić information content (AvgIpc) is 2.17. The maximum atomic E-state index is 11.2. The lowest BCUT2D eigenvalue weighted by Gasteiger charge is -2.15. The molecule has 0 fully saturated rings. The van der Waals surface area contributed by atoms with E-state index in [4.69, 9.17) is 9.84 Å². The second-order valence-corrected chi connectivity index (χ2v) is 2.82. The first-order valence-corrected chi connectivity index (χ1v) is 4.45. The Labute approximate surface area is 84.1 Å². The molecule has 0 heterocycles. The maximum Gasteiger partial charge on any atom is 0.234 e. The van der Waals surface area contributed by atoms with Gasteiger partial charge in [0.05, 0.1) is 25.8 Å². The monoisotopic (exact) mass is 202 g/mol. The van der Waals surface area contributed by atoms with Crippen LogP contribution in [0.3, 0.4) is 0 Å². The van der Waals surface area contributed by atoms with E-state index in [2.05, 4.69) is 17.2 Å². The number of carbonyl (C=O) groups is 1. The molecular formula is C9H18N2O3. The number of aliphatic hydroxyl groups is 1. The number of aliphatic hydroxyl groups excluding tert-OH is 1. The zero-order valence-electron chi connectivity index (χ0n) is 8.45. The van der Waals surface area contributed by atoms with Crippen molar-refractivity contribution in [3.8, 4) is 0 Å². The number of hydrogen-bond donors (Lipinski definition) is 3. The van der Waals surface area contributed by atoms with Gasteiger partial charge in [-0.3, -0.25) is 4.79 Å².